The molecule has 1 N–H and O–H groups in total. The molecule has 0 amide bonds. The highest BCUT2D eigenvalue weighted by atomic mass is 14.9. The van der Waals surface area contributed by atoms with Crippen LogP contribution in [0.25, 0.3) is 0 Å². The number of nitrogens with one attached hydrogen (secondary N) is 1. The molecule has 1 aliphatic rings. The van der Waals surface area contributed by atoms with E-state index in [1.54, 1.807) is 0 Å². The maximum atomic E-state index is 3.58. The van der Waals surface area contributed by atoms with Gasteiger partial charge in [-0.1, -0.05) is 50.1 Å². The van der Waals surface area contributed by atoms with Gasteiger partial charge in [-0.15, -0.1) is 0 Å². The zero-order valence-electron chi connectivity index (χ0n) is 11.6. The van der Waals surface area contributed by atoms with Crippen molar-refractivity contribution in [3.63, 3.8) is 0 Å². The van der Waals surface area contributed by atoms with Crippen LogP contribution in [0.1, 0.15) is 56.9 Å². The quantitative estimate of drug-likeness (QED) is 0.735. The standard InChI is InChI=1S/C17H26N/c1-15(16-10-3-2-4-11-16)9-5-6-12-17-13-7-8-14-18-17/h2-4,10-11,13,15,17-18H,5-9,12,14H2,1H3. The number of rotatable bonds is 6. The van der Waals surface area contributed by atoms with Crippen molar-refractivity contribution in [2.45, 2.75) is 57.4 Å². The van der Waals surface area contributed by atoms with E-state index >= 15 is 0 Å². The second-order valence-electron chi connectivity index (χ2n) is 5.53. The molecule has 1 aliphatic heterocycles. The Kier molecular flexibility index (Phi) is 5.73. The molecule has 1 radical (unpaired) electrons. The van der Waals surface area contributed by atoms with Crippen LogP contribution in [-0.2, 0) is 0 Å². The van der Waals surface area contributed by atoms with Crippen LogP contribution in [0.3, 0.4) is 0 Å². The van der Waals surface area contributed by atoms with Gasteiger partial charge in [-0.05, 0) is 50.1 Å². The van der Waals surface area contributed by atoms with Gasteiger partial charge in [-0.3, -0.25) is 0 Å². The Balaban J connectivity index is 1.60. The number of hydrogen-bond donors (Lipinski definition) is 1. The highest BCUT2D eigenvalue weighted by Crippen LogP contribution is 2.22. The maximum Gasteiger partial charge on any atom is 0.00985 e. The van der Waals surface area contributed by atoms with E-state index in [1.165, 1.54) is 50.6 Å². The lowest BCUT2D eigenvalue weighted by Crippen LogP contribution is -2.34. The monoisotopic (exact) mass is 244 g/mol. The van der Waals surface area contributed by atoms with Gasteiger partial charge in [0.05, 0.1) is 0 Å². The van der Waals surface area contributed by atoms with Gasteiger partial charge in [0.1, 0.15) is 0 Å². The van der Waals surface area contributed by atoms with Gasteiger partial charge in [0.25, 0.3) is 0 Å². The van der Waals surface area contributed by atoms with E-state index in [-0.39, 0.29) is 0 Å². The van der Waals surface area contributed by atoms with Gasteiger partial charge in [0.15, 0.2) is 0 Å². The predicted octanol–water partition coefficient (Wildman–Crippen LogP) is 4.31. The summed E-state index contributed by atoms with van der Waals surface area (Å²) in [5.74, 6) is 0.703. The zero-order chi connectivity index (χ0) is 12.6. The molecule has 1 fully saturated rings. The summed E-state index contributed by atoms with van der Waals surface area (Å²) in [6.07, 6.45) is 10.4. The summed E-state index contributed by atoms with van der Waals surface area (Å²) in [7, 11) is 0. The lowest BCUT2D eigenvalue weighted by Gasteiger charge is -2.23. The fourth-order valence-corrected chi connectivity index (χ4v) is 2.77. The van der Waals surface area contributed by atoms with Gasteiger partial charge in [-0.2, -0.15) is 0 Å². The lowest BCUT2D eigenvalue weighted by atomic mass is 9.93. The van der Waals surface area contributed by atoms with Crippen LogP contribution in [0.5, 0.6) is 0 Å². The van der Waals surface area contributed by atoms with Crippen molar-refractivity contribution in [3.05, 3.63) is 42.3 Å². The van der Waals surface area contributed by atoms with Crippen molar-refractivity contribution in [2.75, 3.05) is 6.54 Å². The zero-order valence-corrected chi connectivity index (χ0v) is 11.6. The molecule has 1 heteroatoms. The molecule has 1 heterocycles. The molecule has 1 saturated heterocycles. The van der Waals surface area contributed by atoms with Crippen LogP contribution in [0.4, 0.5) is 0 Å². The van der Waals surface area contributed by atoms with Crippen molar-refractivity contribution in [1.82, 2.24) is 5.32 Å². The van der Waals surface area contributed by atoms with Crippen molar-refractivity contribution in [3.8, 4) is 0 Å². The molecule has 1 nitrogen and oxygen atoms in total. The second kappa shape index (κ2) is 7.58. The fourth-order valence-electron chi connectivity index (χ4n) is 2.77. The molecule has 18 heavy (non-hydrogen) atoms. The summed E-state index contributed by atoms with van der Waals surface area (Å²) in [6, 6.07) is 11.6. The maximum absolute atomic E-state index is 3.58. The molecule has 1 aromatic rings. The molecule has 2 atom stereocenters. The predicted molar refractivity (Wildman–Crippen MR) is 78.6 cm³/mol. The van der Waals surface area contributed by atoms with E-state index in [1.807, 2.05) is 0 Å². The highest BCUT2D eigenvalue weighted by molar-refractivity contribution is 5.18. The average molecular weight is 244 g/mol. The Morgan fingerprint density at radius 2 is 2.06 bits per heavy atom. The number of benzene rings is 1. The Morgan fingerprint density at radius 1 is 1.22 bits per heavy atom. The second-order valence-corrected chi connectivity index (χ2v) is 5.53. The first-order valence-electron chi connectivity index (χ1n) is 7.48. The number of piperidine rings is 1. The van der Waals surface area contributed by atoms with E-state index in [9.17, 15) is 0 Å². The minimum absolute atomic E-state index is 0.686. The first-order chi connectivity index (χ1) is 8.86. The molecule has 2 unspecified atom stereocenters. The number of unbranched alkanes of at least 4 members (excludes halogenated alkanes) is 1. The Labute approximate surface area is 112 Å². The van der Waals surface area contributed by atoms with E-state index in [2.05, 4.69) is 49.0 Å². The lowest BCUT2D eigenvalue weighted by molar-refractivity contribution is 0.438. The van der Waals surface area contributed by atoms with Gasteiger partial charge in [0, 0.05) is 6.04 Å². The van der Waals surface area contributed by atoms with Gasteiger partial charge in [-0.25, -0.2) is 0 Å². The van der Waals surface area contributed by atoms with Gasteiger partial charge in [0.2, 0.25) is 0 Å². The van der Waals surface area contributed by atoms with Crippen LogP contribution in [0.15, 0.2) is 30.3 Å². The molecular formula is C17H26N. The molecule has 2 rings (SSSR count). The summed E-state index contributed by atoms with van der Waals surface area (Å²) in [5.41, 5.74) is 1.49. The topological polar surface area (TPSA) is 12.0 Å². The van der Waals surface area contributed by atoms with E-state index in [4.69, 9.17) is 0 Å². The van der Waals surface area contributed by atoms with Crippen molar-refractivity contribution in [1.29, 1.82) is 0 Å². The van der Waals surface area contributed by atoms with Gasteiger partial charge >= 0.3 is 0 Å². The smallest absolute Gasteiger partial charge is 0.00985 e. The largest absolute Gasteiger partial charge is 0.314 e. The average Bonchev–Trinajstić information content (AvgIpc) is 2.45. The van der Waals surface area contributed by atoms with Crippen molar-refractivity contribution >= 4 is 0 Å². The third-order valence-electron chi connectivity index (χ3n) is 4.01. The summed E-state index contributed by atoms with van der Waals surface area (Å²) in [4.78, 5) is 0. The molecular weight excluding hydrogens is 218 g/mol. The third-order valence-corrected chi connectivity index (χ3v) is 4.01. The molecule has 99 valence electrons. The fraction of sp³-hybridized carbons (Fsp3) is 0.588. The summed E-state index contributed by atoms with van der Waals surface area (Å²) in [6.45, 7) is 3.56. The Morgan fingerprint density at radius 3 is 2.78 bits per heavy atom. The third kappa shape index (κ3) is 4.45. The van der Waals surface area contributed by atoms with Crippen LogP contribution in [0.2, 0.25) is 0 Å². The van der Waals surface area contributed by atoms with E-state index in [0.29, 0.717) is 12.0 Å². The first-order valence-corrected chi connectivity index (χ1v) is 7.48. The minimum atomic E-state index is 0.686. The molecule has 0 spiro atoms. The summed E-state index contributed by atoms with van der Waals surface area (Å²) in [5, 5.41) is 3.58. The van der Waals surface area contributed by atoms with Gasteiger partial charge < -0.3 is 5.32 Å². The van der Waals surface area contributed by atoms with Crippen LogP contribution < -0.4 is 5.32 Å². The van der Waals surface area contributed by atoms with Crippen molar-refractivity contribution < 1.29 is 0 Å². The summed E-state index contributed by atoms with van der Waals surface area (Å²) < 4.78 is 0. The molecule has 0 aromatic heterocycles. The van der Waals surface area contributed by atoms with E-state index < -0.39 is 0 Å². The van der Waals surface area contributed by atoms with Crippen LogP contribution in [0, 0.1) is 6.42 Å². The molecule has 1 aromatic carbocycles. The molecule has 0 aliphatic carbocycles. The first kappa shape index (κ1) is 13.6. The molecule has 0 saturated carbocycles. The van der Waals surface area contributed by atoms with Crippen molar-refractivity contribution in [2.24, 2.45) is 0 Å². The Hall–Kier alpha value is -0.820. The molecule has 0 bridgehead atoms. The van der Waals surface area contributed by atoms with Crippen LogP contribution >= 0.6 is 0 Å². The summed E-state index contributed by atoms with van der Waals surface area (Å²) >= 11 is 0. The normalized spacial score (nSPS) is 21.7. The SMILES string of the molecule is CC(CCCCC1[CH]CCCN1)c1ccccc1. The minimum Gasteiger partial charge on any atom is -0.314 e. The van der Waals surface area contributed by atoms with E-state index in [0.717, 1.165) is 0 Å². The number of hydrogen-bond acceptors (Lipinski definition) is 1. The Bertz CT molecular complexity index is 314. The highest BCUT2D eigenvalue weighted by Gasteiger charge is 2.12. The van der Waals surface area contributed by atoms with Crippen LogP contribution in [-0.4, -0.2) is 12.6 Å².